The van der Waals surface area contributed by atoms with Crippen molar-refractivity contribution in [2.24, 2.45) is 0 Å². The summed E-state index contributed by atoms with van der Waals surface area (Å²) < 4.78 is 5.81. The Morgan fingerprint density at radius 1 is 1.06 bits per heavy atom. The van der Waals surface area contributed by atoms with Gasteiger partial charge in [-0.1, -0.05) is 30.3 Å². The number of carbonyl (C=O) groups excluding carboxylic acids is 1. The second-order valence-corrected chi connectivity index (χ2v) is 7.43. The van der Waals surface area contributed by atoms with Gasteiger partial charge in [-0.2, -0.15) is 4.98 Å². The normalized spacial score (nSPS) is 10.8. The zero-order valence-corrected chi connectivity index (χ0v) is 17.5. The molecule has 0 radical (unpaired) electrons. The lowest BCUT2D eigenvalue weighted by Gasteiger charge is -2.05. The highest BCUT2D eigenvalue weighted by molar-refractivity contribution is 5.92. The van der Waals surface area contributed by atoms with Crippen molar-refractivity contribution in [2.75, 3.05) is 10.6 Å². The zero-order chi connectivity index (χ0) is 22.5. The number of nitrogens with one attached hydrogen (secondary N) is 2. The summed E-state index contributed by atoms with van der Waals surface area (Å²) in [6, 6.07) is 17.1. The summed E-state index contributed by atoms with van der Waals surface area (Å²) in [5, 5.41) is 14.7. The molecule has 3 N–H and O–H groups in total. The molecule has 0 aliphatic heterocycles. The Balaban J connectivity index is 1.39. The van der Waals surface area contributed by atoms with Crippen LogP contribution in [0.5, 0.6) is 0 Å². The van der Waals surface area contributed by atoms with Gasteiger partial charge in [0.15, 0.2) is 5.58 Å². The van der Waals surface area contributed by atoms with Crippen LogP contribution in [0.2, 0.25) is 0 Å². The number of hydrogen-bond donors (Lipinski definition) is 3. The van der Waals surface area contributed by atoms with E-state index in [1.807, 2.05) is 43.3 Å². The molecule has 8 nitrogen and oxygen atoms in total. The molecular weight excluding hydrogens is 408 g/mol. The predicted molar refractivity (Wildman–Crippen MR) is 121 cm³/mol. The fraction of sp³-hybridized carbons (Fsp3) is 0.167. The molecule has 0 fully saturated rings. The molecule has 162 valence electrons. The molecule has 8 heteroatoms. The van der Waals surface area contributed by atoms with Gasteiger partial charge in [0.25, 0.3) is 6.01 Å². The number of hydrogen-bond acceptors (Lipinski definition) is 6. The van der Waals surface area contributed by atoms with Crippen LogP contribution in [0.15, 0.2) is 65.2 Å². The lowest BCUT2D eigenvalue weighted by atomic mass is 10.1. The third kappa shape index (κ3) is 5.28. The average Bonchev–Trinajstić information content (AvgIpc) is 3.16. The van der Waals surface area contributed by atoms with Crippen LogP contribution in [0, 0.1) is 6.92 Å². The maximum Gasteiger partial charge on any atom is 0.303 e. The Labute approximate surface area is 184 Å². The van der Waals surface area contributed by atoms with E-state index in [4.69, 9.17) is 9.52 Å². The Kier molecular flexibility index (Phi) is 6.12. The molecule has 4 rings (SSSR count). The molecule has 2 heterocycles. The summed E-state index contributed by atoms with van der Waals surface area (Å²) >= 11 is 0. The molecule has 0 saturated carbocycles. The monoisotopic (exact) mass is 430 g/mol. The number of aliphatic carboxylic acids is 1. The molecule has 0 bridgehead atoms. The minimum absolute atomic E-state index is 0.0414. The highest BCUT2D eigenvalue weighted by Gasteiger charge is 2.11. The second-order valence-electron chi connectivity index (χ2n) is 7.43. The van der Waals surface area contributed by atoms with Crippen molar-refractivity contribution in [3.05, 3.63) is 77.5 Å². The molecule has 2 aromatic carbocycles. The number of para-hydroxylation sites is 1. The predicted octanol–water partition coefficient (Wildman–Crippen LogP) is 4.47. The molecule has 0 saturated heterocycles. The van der Waals surface area contributed by atoms with Crippen molar-refractivity contribution in [3.63, 3.8) is 0 Å². The molecular formula is C24H22N4O4. The SMILES string of the molecule is Cc1ccccc1Nc1nc2ccc(CC(=O)Nc3ccc(CCC(=O)O)cn3)cc2o1. The van der Waals surface area contributed by atoms with Crippen molar-refractivity contribution in [2.45, 2.75) is 26.2 Å². The van der Waals surface area contributed by atoms with Crippen molar-refractivity contribution >= 4 is 40.5 Å². The Bertz CT molecular complexity index is 1260. The number of rotatable bonds is 8. The number of amides is 1. The van der Waals surface area contributed by atoms with E-state index < -0.39 is 5.97 Å². The molecule has 0 spiro atoms. The average molecular weight is 430 g/mol. The van der Waals surface area contributed by atoms with E-state index in [0.29, 0.717) is 29.4 Å². The van der Waals surface area contributed by atoms with Crippen LogP contribution in [0.4, 0.5) is 17.5 Å². The summed E-state index contributed by atoms with van der Waals surface area (Å²) in [5.74, 6) is -0.656. The van der Waals surface area contributed by atoms with Crippen LogP contribution in [0.3, 0.4) is 0 Å². The van der Waals surface area contributed by atoms with Crippen LogP contribution < -0.4 is 10.6 Å². The first-order chi connectivity index (χ1) is 15.5. The van der Waals surface area contributed by atoms with Gasteiger partial charge in [-0.15, -0.1) is 0 Å². The minimum atomic E-state index is -0.857. The van der Waals surface area contributed by atoms with Crippen molar-refractivity contribution < 1.29 is 19.1 Å². The van der Waals surface area contributed by atoms with E-state index in [1.54, 1.807) is 24.4 Å². The number of pyridine rings is 1. The summed E-state index contributed by atoms with van der Waals surface area (Å²) in [4.78, 5) is 31.7. The fourth-order valence-electron chi connectivity index (χ4n) is 3.23. The summed E-state index contributed by atoms with van der Waals surface area (Å²) in [6.45, 7) is 2.00. The van der Waals surface area contributed by atoms with Crippen molar-refractivity contribution in [3.8, 4) is 0 Å². The number of carboxylic acids is 1. The molecule has 0 unspecified atom stereocenters. The van der Waals surface area contributed by atoms with Gasteiger partial charge in [-0.25, -0.2) is 4.98 Å². The first kappa shape index (κ1) is 21.0. The number of aromatic nitrogens is 2. The van der Waals surface area contributed by atoms with Crippen LogP contribution in [0.1, 0.15) is 23.1 Å². The largest absolute Gasteiger partial charge is 0.481 e. The van der Waals surface area contributed by atoms with Gasteiger partial charge in [0.05, 0.1) is 6.42 Å². The molecule has 0 aliphatic rings. The van der Waals surface area contributed by atoms with E-state index in [-0.39, 0.29) is 18.7 Å². The number of aryl methyl sites for hydroxylation is 2. The maximum atomic E-state index is 12.4. The molecule has 2 aromatic heterocycles. The second kappa shape index (κ2) is 9.30. The number of nitrogens with zero attached hydrogens (tertiary/aromatic N) is 2. The number of benzene rings is 2. The summed E-state index contributed by atoms with van der Waals surface area (Å²) in [5.41, 5.74) is 4.87. The van der Waals surface area contributed by atoms with Crippen LogP contribution in [-0.2, 0) is 22.4 Å². The first-order valence-corrected chi connectivity index (χ1v) is 10.1. The van der Waals surface area contributed by atoms with Gasteiger partial charge in [0.1, 0.15) is 11.3 Å². The number of carboxylic acid groups (broad SMARTS) is 1. The number of anilines is 3. The highest BCUT2D eigenvalue weighted by Crippen LogP contribution is 2.25. The molecule has 0 atom stereocenters. The fourth-order valence-corrected chi connectivity index (χ4v) is 3.23. The highest BCUT2D eigenvalue weighted by atomic mass is 16.4. The maximum absolute atomic E-state index is 12.4. The Morgan fingerprint density at radius 3 is 2.62 bits per heavy atom. The van der Waals surface area contributed by atoms with E-state index in [1.165, 1.54) is 0 Å². The Hall–Kier alpha value is -4.20. The molecule has 0 aliphatic carbocycles. The lowest BCUT2D eigenvalue weighted by molar-refractivity contribution is -0.137. The van der Waals surface area contributed by atoms with Gasteiger partial charge in [-0.05, 0) is 54.3 Å². The number of fused-ring (bicyclic) bond motifs is 1. The van der Waals surface area contributed by atoms with E-state index >= 15 is 0 Å². The van der Waals surface area contributed by atoms with Gasteiger partial charge in [0.2, 0.25) is 5.91 Å². The van der Waals surface area contributed by atoms with Crippen LogP contribution >= 0.6 is 0 Å². The number of carbonyl (C=O) groups is 2. The zero-order valence-electron chi connectivity index (χ0n) is 17.5. The lowest BCUT2D eigenvalue weighted by Crippen LogP contribution is -2.15. The van der Waals surface area contributed by atoms with Crippen molar-refractivity contribution in [1.82, 2.24) is 9.97 Å². The first-order valence-electron chi connectivity index (χ1n) is 10.1. The third-order valence-electron chi connectivity index (χ3n) is 4.92. The van der Waals surface area contributed by atoms with Crippen molar-refractivity contribution in [1.29, 1.82) is 0 Å². The molecule has 4 aromatic rings. The van der Waals surface area contributed by atoms with Gasteiger partial charge >= 0.3 is 5.97 Å². The quantitative estimate of drug-likeness (QED) is 0.377. The summed E-state index contributed by atoms with van der Waals surface area (Å²) in [7, 11) is 0. The molecule has 32 heavy (non-hydrogen) atoms. The van der Waals surface area contributed by atoms with Crippen LogP contribution in [0.25, 0.3) is 11.1 Å². The third-order valence-corrected chi connectivity index (χ3v) is 4.92. The van der Waals surface area contributed by atoms with Gasteiger partial charge in [0, 0.05) is 18.3 Å². The number of oxazole rings is 1. The van der Waals surface area contributed by atoms with E-state index in [0.717, 1.165) is 22.4 Å². The van der Waals surface area contributed by atoms with Gasteiger partial charge in [-0.3, -0.25) is 9.59 Å². The van der Waals surface area contributed by atoms with E-state index in [2.05, 4.69) is 20.6 Å². The summed E-state index contributed by atoms with van der Waals surface area (Å²) in [6.07, 6.45) is 2.16. The Morgan fingerprint density at radius 2 is 1.88 bits per heavy atom. The minimum Gasteiger partial charge on any atom is -0.481 e. The topological polar surface area (TPSA) is 117 Å². The van der Waals surface area contributed by atoms with Crippen LogP contribution in [-0.4, -0.2) is 27.0 Å². The smallest absolute Gasteiger partial charge is 0.303 e. The van der Waals surface area contributed by atoms with E-state index in [9.17, 15) is 9.59 Å². The van der Waals surface area contributed by atoms with Gasteiger partial charge < -0.3 is 20.2 Å². The standard InChI is InChI=1S/C24H22N4O4/c1-15-4-2-3-5-18(15)26-24-27-19-9-6-17(12-20(19)32-24)13-22(29)28-21-10-7-16(14-25-21)8-11-23(30)31/h2-7,9-10,12,14H,8,11,13H2,1H3,(H,26,27)(H,30,31)(H,25,28,29). The molecule has 1 amide bonds.